The van der Waals surface area contributed by atoms with Crippen molar-refractivity contribution in [3.8, 4) is 0 Å². The highest BCUT2D eigenvalue weighted by atomic mass is 32.2. The fraction of sp³-hybridized carbons (Fsp3) is 0.154. The van der Waals surface area contributed by atoms with Crippen LogP contribution in [0.4, 0.5) is 10.6 Å². The number of ether oxygens (including phenoxy) is 1. The molecule has 1 amide bonds. The molecule has 0 atom stereocenters. The minimum atomic E-state index is -1.13. The van der Waals surface area contributed by atoms with E-state index in [2.05, 4.69) is 10.3 Å². The first-order chi connectivity index (χ1) is 10.1. The summed E-state index contributed by atoms with van der Waals surface area (Å²) < 4.78 is 5.59. The molecule has 0 saturated carbocycles. The molecule has 0 spiro atoms. The molecular weight excluding hydrogens is 312 g/mol. The number of carbonyl (C=O) groups excluding carboxylic acids is 1. The van der Waals surface area contributed by atoms with Gasteiger partial charge in [-0.25, -0.2) is 14.6 Å². The number of hydrogen-bond acceptors (Lipinski definition) is 6. The summed E-state index contributed by atoms with van der Waals surface area (Å²) in [4.78, 5) is 26.8. The number of rotatable bonds is 5. The monoisotopic (exact) mass is 324 g/mol. The van der Waals surface area contributed by atoms with Gasteiger partial charge < -0.3 is 9.84 Å². The van der Waals surface area contributed by atoms with E-state index in [9.17, 15) is 9.59 Å². The molecule has 0 bridgehead atoms. The van der Waals surface area contributed by atoms with Crippen LogP contribution in [0.25, 0.3) is 0 Å². The van der Waals surface area contributed by atoms with E-state index in [4.69, 9.17) is 9.84 Å². The molecule has 0 fully saturated rings. The molecule has 6 nitrogen and oxygen atoms in total. The van der Waals surface area contributed by atoms with Crippen LogP contribution in [0, 0.1) is 0 Å². The second-order valence-corrected chi connectivity index (χ2v) is 5.91. The molecule has 0 saturated heterocycles. The number of aromatic carboxylic acids is 1. The molecule has 0 aliphatic rings. The number of aromatic nitrogens is 1. The van der Waals surface area contributed by atoms with Crippen LogP contribution in [0.1, 0.15) is 15.2 Å². The summed E-state index contributed by atoms with van der Waals surface area (Å²) >= 11 is 2.32. The second-order valence-electron chi connectivity index (χ2n) is 3.85. The largest absolute Gasteiger partial charge is 0.477 e. The predicted molar refractivity (Wildman–Crippen MR) is 81.1 cm³/mol. The maximum atomic E-state index is 11.7. The number of nitrogens with one attached hydrogen (secondary N) is 1. The second kappa shape index (κ2) is 7.09. The van der Waals surface area contributed by atoms with Gasteiger partial charge in [0.1, 0.15) is 6.61 Å². The smallest absolute Gasteiger partial charge is 0.413 e. The van der Waals surface area contributed by atoms with Gasteiger partial charge in [0, 0.05) is 0 Å². The van der Waals surface area contributed by atoms with Crippen molar-refractivity contribution in [2.24, 2.45) is 0 Å². The zero-order valence-corrected chi connectivity index (χ0v) is 12.7. The Hall–Kier alpha value is -2.06. The molecule has 1 aromatic carbocycles. The van der Waals surface area contributed by atoms with Gasteiger partial charge in [0.15, 0.2) is 15.0 Å². The summed E-state index contributed by atoms with van der Waals surface area (Å²) in [6.45, 7) is 0.106. The summed E-state index contributed by atoms with van der Waals surface area (Å²) in [5.41, 5.74) is 0.842. The molecule has 0 radical (unpaired) electrons. The fourth-order valence-corrected chi connectivity index (χ4v) is 2.83. The number of amides is 1. The lowest BCUT2D eigenvalue weighted by Crippen LogP contribution is -2.15. The van der Waals surface area contributed by atoms with E-state index in [1.165, 1.54) is 11.8 Å². The number of benzene rings is 1. The van der Waals surface area contributed by atoms with E-state index >= 15 is 0 Å². The number of carboxylic acids is 1. The molecular formula is C13H12N2O4S2. The topological polar surface area (TPSA) is 88.5 Å². The number of carbonyl (C=O) groups is 2. The van der Waals surface area contributed by atoms with Crippen molar-refractivity contribution in [2.75, 3.05) is 11.6 Å². The standard InChI is InChI=1S/C13H12N2O4S2/c1-20-13-15-10(9(21-13)11(16)17)14-12(18)19-7-8-5-3-2-4-6-8/h2-6H,7H2,1H3,(H,14,18)(H,16,17). The van der Waals surface area contributed by atoms with E-state index in [1.807, 2.05) is 30.3 Å². The Morgan fingerprint density at radius 3 is 2.71 bits per heavy atom. The van der Waals surface area contributed by atoms with Crippen molar-refractivity contribution >= 4 is 41.0 Å². The number of hydrogen-bond donors (Lipinski definition) is 2. The Bertz CT molecular complexity index is 643. The van der Waals surface area contributed by atoms with Crippen LogP contribution in [0.2, 0.25) is 0 Å². The van der Waals surface area contributed by atoms with Crippen molar-refractivity contribution in [2.45, 2.75) is 10.9 Å². The van der Waals surface area contributed by atoms with Crippen LogP contribution in [-0.2, 0) is 11.3 Å². The number of carboxylic acid groups (broad SMARTS) is 1. The van der Waals surface area contributed by atoms with Gasteiger partial charge in [0.2, 0.25) is 0 Å². The maximum absolute atomic E-state index is 11.7. The van der Waals surface area contributed by atoms with Crippen LogP contribution in [0.15, 0.2) is 34.7 Å². The number of thioether (sulfide) groups is 1. The zero-order chi connectivity index (χ0) is 15.2. The third kappa shape index (κ3) is 4.20. The first kappa shape index (κ1) is 15.3. The summed E-state index contributed by atoms with van der Waals surface area (Å²) in [7, 11) is 0. The summed E-state index contributed by atoms with van der Waals surface area (Å²) in [6, 6.07) is 9.19. The average molecular weight is 324 g/mol. The normalized spacial score (nSPS) is 10.1. The molecule has 2 aromatic rings. The Balaban J connectivity index is 1.99. The molecule has 2 N–H and O–H groups in total. The van der Waals surface area contributed by atoms with E-state index < -0.39 is 12.1 Å². The van der Waals surface area contributed by atoms with Crippen LogP contribution >= 0.6 is 23.1 Å². The lowest BCUT2D eigenvalue weighted by atomic mass is 10.2. The third-order valence-corrected chi connectivity index (χ3v) is 4.44. The Kier molecular flexibility index (Phi) is 5.18. The highest BCUT2D eigenvalue weighted by Gasteiger charge is 2.19. The first-order valence-corrected chi connectivity index (χ1v) is 7.90. The summed E-state index contributed by atoms with van der Waals surface area (Å²) in [5, 5.41) is 11.4. The highest BCUT2D eigenvalue weighted by Crippen LogP contribution is 2.29. The van der Waals surface area contributed by atoms with E-state index in [1.54, 1.807) is 6.26 Å². The first-order valence-electron chi connectivity index (χ1n) is 5.86. The molecule has 2 rings (SSSR count). The summed E-state index contributed by atoms with van der Waals surface area (Å²) in [6.07, 6.45) is 1.04. The molecule has 110 valence electrons. The van der Waals surface area contributed by atoms with Gasteiger partial charge in [-0.1, -0.05) is 53.4 Å². The fourth-order valence-electron chi connectivity index (χ4n) is 1.47. The molecule has 21 heavy (non-hydrogen) atoms. The minimum Gasteiger partial charge on any atom is -0.477 e. The van der Waals surface area contributed by atoms with Gasteiger partial charge in [-0.15, -0.1) is 0 Å². The third-order valence-electron chi connectivity index (χ3n) is 2.41. The Labute approximate surface area is 129 Å². The van der Waals surface area contributed by atoms with Gasteiger partial charge in [-0.3, -0.25) is 5.32 Å². The molecule has 1 heterocycles. The SMILES string of the molecule is CSc1nc(NC(=O)OCc2ccccc2)c(C(=O)O)s1. The number of anilines is 1. The molecule has 0 unspecified atom stereocenters. The molecule has 0 aliphatic carbocycles. The highest BCUT2D eigenvalue weighted by molar-refractivity contribution is 8.00. The van der Waals surface area contributed by atoms with Crippen molar-refractivity contribution < 1.29 is 19.4 Å². The van der Waals surface area contributed by atoms with E-state index in [0.717, 1.165) is 16.9 Å². The van der Waals surface area contributed by atoms with Crippen molar-refractivity contribution in [3.63, 3.8) is 0 Å². The van der Waals surface area contributed by atoms with Gasteiger partial charge >= 0.3 is 12.1 Å². The van der Waals surface area contributed by atoms with Crippen molar-refractivity contribution in [1.82, 2.24) is 4.98 Å². The number of thiazole rings is 1. The minimum absolute atomic E-state index is 0.00918. The lowest BCUT2D eigenvalue weighted by molar-refractivity contribution is 0.0703. The van der Waals surface area contributed by atoms with Crippen LogP contribution in [0.5, 0.6) is 0 Å². The van der Waals surface area contributed by atoms with Gasteiger partial charge in [0.25, 0.3) is 0 Å². The van der Waals surface area contributed by atoms with Crippen LogP contribution in [0.3, 0.4) is 0 Å². The maximum Gasteiger partial charge on any atom is 0.413 e. The van der Waals surface area contributed by atoms with E-state index in [-0.39, 0.29) is 17.3 Å². The summed E-state index contributed by atoms with van der Waals surface area (Å²) in [5.74, 6) is -1.12. The van der Waals surface area contributed by atoms with Crippen molar-refractivity contribution in [3.05, 3.63) is 40.8 Å². The molecule has 8 heteroatoms. The Morgan fingerprint density at radius 1 is 1.38 bits per heavy atom. The van der Waals surface area contributed by atoms with Gasteiger partial charge in [-0.05, 0) is 11.8 Å². The Morgan fingerprint density at radius 2 is 2.10 bits per heavy atom. The van der Waals surface area contributed by atoms with Crippen molar-refractivity contribution in [1.29, 1.82) is 0 Å². The van der Waals surface area contributed by atoms with Gasteiger partial charge in [-0.2, -0.15) is 0 Å². The average Bonchev–Trinajstić information content (AvgIpc) is 2.89. The zero-order valence-electron chi connectivity index (χ0n) is 11.0. The molecule has 1 aromatic heterocycles. The lowest BCUT2D eigenvalue weighted by Gasteiger charge is -2.05. The van der Waals surface area contributed by atoms with E-state index in [0.29, 0.717) is 4.34 Å². The molecule has 0 aliphatic heterocycles. The van der Waals surface area contributed by atoms with Crippen LogP contribution < -0.4 is 5.32 Å². The van der Waals surface area contributed by atoms with Crippen LogP contribution in [-0.4, -0.2) is 28.4 Å². The number of nitrogens with zero attached hydrogens (tertiary/aromatic N) is 1. The predicted octanol–water partition coefficient (Wildman–Crippen LogP) is 3.31. The van der Waals surface area contributed by atoms with Gasteiger partial charge in [0.05, 0.1) is 0 Å². The quantitative estimate of drug-likeness (QED) is 0.820.